The average Bonchev–Trinajstić information content (AvgIpc) is 2.80. The number of aryl methyl sites for hydroxylation is 1. The first kappa shape index (κ1) is 10.0. The number of hydrogen-bond acceptors (Lipinski definition) is 2. The molecule has 4 rings (SSSR count). The lowest BCUT2D eigenvalue weighted by Gasteiger charge is -2.23. The zero-order chi connectivity index (χ0) is 12.3. The molecule has 0 aromatic heterocycles. The molecule has 2 aromatic rings. The average molecular weight is 237 g/mol. The molecule has 2 aliphatic heterocycles. The van der Waals surface area contributed by atoms with E-state index in [2.05, 4.69) is 61.6 Å². The van der Waals surface area contributed by atoms with Gasteiger partial charge in [-0.05, 0) is 31.5 Å². The van der Waals surface area contributed by atoms with Crippen LogP contribution in [0.2, 0.25) is 0 Å². The van der Waals surface area contributed by atoms with Crippen LogP contribution in [0.5, 0.6) is 5.75 Å². The largest absolute Gasteiger partial charge is 0.469 e. The fourth-order valence-electron chi connectivity index (χ4n) is 3.20. The van der Waals surface area contributed by atoms with Crippen molar-refractivity contribution in [1.29, 1.82) is 0 Å². The number of nitrogens with one attached hydrogen (secondary N) is 1. The molecular formula is C16H15NO. The lowest BCUT2D eigenvalue weighted by molar-refractivity contribution is 0.217. The number of ether oxygens (including phenoxy) is 1. The van der Waals surface area contributed by atoms with Crippen LogP contribution in [0.1, 0.15) is 23.6 Å². The molecule has 90 valence electrons. The minimum Gasteiger partial charge on any atom is -0.469 e. The number of para-hydroxylation sites is 1. The van der Waals surface area contributed by atoms with Crippen molar-refractivity contribution in [3.05, 3.63) is 59.2 Å². The van der Waals surface area contributed by atoms with Gasteiger partial charge < -0.3 is 10.1 Å². The van der Waals surface area contributed by atoms with Crippen molar-refractivity contribution < 1.29 is 4.74 Å². The second-order valence-corrected chi connectivity index (χ2v) is 5.39. The second kappa shape index (κ2) is 3.08. The summed E-state index contributed by atoms with van der Waals surface area (Å²) in [5.41, 5.74) is 5.03. The van der Waals surface area contributed by atoms with Gasteiger partial charge in [0.15, 0.2) is 6.23 Å². The third-order valence-electron chi connectivity index (χ3n) is 4.24. The Hall–Kier alpha value is -1.96. The minimum atomic E-state index is -0.0715. The number of fused-ring (bicyclic) bond motifs is 5. The van der Waals surface area contributed by atoms with Crippen LogP contribution in [0, 0.1) is 6.92 Å². The number of rotatable bonds is 0. The van der Waals surface area contributed by atoms with Gasteiger partial charge in [0, 0.05) is 11.3 Å². The van der Waals surface area contributed by atoms with Crippen LogP contribution in [-0.2, 0) is 5.41 Å². The fraction of sp³-hybridized carbons (Fsp3) is 0.250. The van der Waals surface area contributed by atoms with Crippen LogP contribution in [0.4, 0.5) is 5.69 Å². The minimum absolute atomic E-state index is 0.0201. The van der Waals surface area contributed by atoms with E-state index in [0.29, 0.717) is 0 Å². The first-order valence-electron chi connectivity index (χ1n) is 6.33. The van der Waals surface area contributed by atoms with Crippen molar-refractivity contribution >= 4 is 5.69 Å². The molecular weight excluding hydrogens is 222 g/mol. The molecule has 2 nitrogen and oxygen atoms in total. The third kappa shape index (κ3) is 1.03. The zero-order valence-electron chi connectivity index (χ0n) is 10.5. The second-order valence-electron chi connectivity index (χ2n) is 5.39. The van der Waals surface area contributed by atoms with Gasteiger partial charge >= 0.3 is 0 Å². The standard InChI is InChI=1S/C16H15NO/c1-10-7-8-14-12(9-10)16(2)11-5-3-4-6-13(11)17-15(16)18-14/h3-9,15,17H,1-2H3/t15-,16?/m1/s1. The van der Waals surface area contributed by atoms with Gasteiger partial charge in [-0.15, -0.1) is 0 Å². The molecule has 18 heavy (non-hydrogen) atoms. The van der Waals surface area contributed by atoms with Crippen LogP contribution < -0.4 is 10.1 Å². The highest BCUT2D eigenvalue weighted by Gasteiger charge is 2.51. The molecule has 0 saturated carbocycles. The van der Waals surface area contributed by atoms with E-state index < -0.39 is 0 Å². The van der Waals surface area contributed by atoms with E-state index in [-0.39, 0.29) is 11.6 Å². The van der Waals surface area contributed by atoms with Crippen molar-refractivity contribution in [3.8, 4) is 5.75 Å². The Bertz CT molecular complexity index is 649. The van der Waals surface area contributed by atoms with Crippen LogP contribution in [0.25, 0.3) is 0 Å². The van der Waals surface area contributed by atoms with E-state index in [1.165, 1.54) is 22.4 Å². The van der Waals surface area contributed by atoms with Gasteiger partial charge in [-0.1, -0.05) is 35.9 Å². The first-order valence-corrected chi connectivity index (χ1v) is 6.33. The lowest BCUT2D eigenvalue weighted by atomic mass is 9.77. The molecule has 0 saturated heterocycles. The Kier molecular flexibility index (Phi) is 1.71. The predicted molar refractivity (Wildman–Crippen MR) is 72.1 cm³/mol. The van der Waals surface area contributed by atoms with Gasteiger partial charge in [0.05, 0.1) is 5.41 Å². The van der Waals surface area contributed by atoms with Crippen molar-refractivity contribution in [1.82, 2.24) is 0 Å². The molecule has 0 radical (unpaired) electrons. The molecule has 2 atom stereocenters. The Balaban J connectivity index is 2.00. The summed E-state index contributed by atoms with van der Waals surface area (Å²) in [6, 6.07) is 14.9. The van der Waals surface area contributed by atoms with Crippen LogP contribution in [0.15, 0.2) is 42.5 Å². The Labute approximate surface area is 107 Å². The summed E-state index contributed by atoms with van der Waals surface area (Å²) in [5, 5.41) is 3.48. The van der Waals surface area contributed by atoms with Gasteiger partial charge in [-0.2, -0.15) is 0 Å². The molecule has 0 aliphatic carbocycles. The summed E-state index contributed by atoms with van der Waals surface area (Å²) in [7, 11) is 0. The molecule has 1 N–H and O–H groups in total. The van der Waals surface area contributed by atoms with Gasteiger partial charge in [0.25, 0.3) is 0 Å². The smallest absolute Gasteiger partial charge is 0.183 e. The van der Waals surface area contributed by atoms with Crippen LogP contribution >= 0.6 is 0 Å². The molecule has 2 heteroatoms. The highest BCUT2D eigenvalue weighted by molar-refractivity contribution is 5.68. The highest BCUT2D eigenvalue weighted by Crippen LogP contribution is 2.53. The van der Waals surface area contributed by atoms with Crippen molar-refractivity contribution in [2.75, 3.05) is 5.32 Å². The highest BCUT2D eigenvalue weighted by atomic mass is 16.5. The van der Waals surface area contributed by atoms with Crippen molar-refractivity contribution in [3.63, 3.8) is 0 Å². The van der Waals surface area contributed by atoms with Gasteiger partial charge in [0.1, 0.15) is 5.75 Å². The van der Waals surface area contributed by atoms with Crippen molar-refractivity contribution in [2.45, 2.75) is 25.5 Å². The molecule has 1 unspecified atom stereocenters. The van der Waals surface area contributed by atoms with Crippen LogP contribution in [-0.4, -0.2) is 6.23 Å². The van der Waals surface area contributed by atoms with E-state index in [9.17, 15) is 0 Å². The predicted octanol–water partition coefficient (Wildman–Crippen LogP) is 3.45. The molecule has 0 fully saturated rings. The van der Waals surface area contributed by atoms with Gasteiger partial charge in [-0.25, -0.2) is 0 Å². The molecule has 2 aromatic carbocycles. The molecule has 0 bridgehead atoms. The summed E-state index contributed by atoms with van der Waals surface area (Å²) in [6.45, 7) is 4.40. The Morgan fingerprint density at radius 3 is 2.83 bits per heavy atom. The summed E-state index contributed by atoms with van der Waals surface area (Å²) < 4.78 is 6.06. The van der Waals surface area contributed by atoms with Gasteiger partial charge in [0.2, 0.25) is 0 Å². The Morgan fingerprint density at radius 1 is 1.11 bits per heavy atom. The normalized spacial score (nSPS) is 26.9. The molecule has 0 spiro atoms. The molecule has 2 heterocycles. The maximum atomic E-state index is 6.06. The molecule has 2 aliphatic rings. The quantitative estimate of drug-likeness (QED) is 0.757. The maximum Gasteiger partial charge on any atom is 0.183 e. The fourth-order valence-corrected chi connectivity index (χ4v) is 3.20. The van der Waals surface area contributed by atoms with Gasteiger partial charge in [-0.3, -0.25) is 0 Å². The summed E-state index contributed by atoms with van der Waals surface area (Å²) in [4.78, 5) is 0. The first-order chi connectivity index (χ1) is 8.69. The zero-order valence-corrected chi connectivity index (χ0v) is 10.5. The number of hydrogen-bond donors (Lipinski definition) is 1. The van der Waals surface area contributed by atoms with E-state index in [1.54, 1.807) is 0 Å². The Morgan fingerprint density at radius 2 is 1.94 bits per heavy atom. The molecule has 0 amide bonds. The van der Waals surface area contributed by atoms with E-state index in [4.69, 9.17) is 4.74 Å². The topological polar surface area (TPSA) is 21.3 Å². The monoisotopic (exact) mass is 237 g/mol. The maximum absolute atomic E-state index is 6.06. The number of anilines is 1. The summed E-state index contributed by atoms with van der Waals surface area (Å²) >= 11 is 0. The summed E-state index contributed by atoms with van der Waals surface area (Å²) in [5.74, 6) is 1.01. The lowest BCUT2D eigenvalue weighted by Crippen LogP contribution is -2.35. The summed E-state index contributed by atoms with van der Waals surface area (Å²) in [6.07, 6.45) is 0.0201. The van der Waals surface area contributed by atoms with E-state index in [0.717, 1.165) is 5.75 Å². The SMILES string of the molecule is Cc1ccc2c(c1)C1(C)c3ccccc3N[C@@H]1O2. The third-order valence-corrected chi connectivity index (χ3v) is 4.24. The number of benzene rings is 2. The van der Waals surface area contributed by atoms with E-state index >= 15 is 0 Å². The van der Waals surface area contributed by atoms with E-state index in [1.807, 2.05) is 0 Å². The van der Waals surface area contributed by atoms with Crippen molar-refractivity contribution in [2.24, 2.45) is 0 Å². The van der Waals surface area contributed by atoms with Crippen LogP contribution in [0.3, 0.4) is 0 Å².